The van der Waals surface area contributed by atoms with Gasteiger partial charge in [0.1, 0.15) is 0 Å². The molecule has 0 atom stereocenters. The van der Waals surface area contributed by atoms with Crippen LogP contribution in [0.25, 0.3) is 0 Å². The molecule has 1 saturated heterocycles. The minimum atomic E-state index is -0.250. The largest absolute Gasteiger partial charge is 0.467 e. The highest BCUT2D eigenvalue weighted by atomic mass is 32.1. The molecule has 1 amide bonds. The standard InChI is InChI=1S/C16H21N5O2S/c1-11-12(2)18-15(21-7-4-3-5-8-21)20-14(11)23-10-13(22)19-16-17-6-9-24-16/h6,9H,3-5,7-8,10H2,1-2H3,(H,17,19,22). The van der Waals surface area contributed by atoms with Crippen LogP contribution in [0.4, 0.5) is 11.1 Å². The number of piperidine rings is 1. The van der Waals surface area contributed by atoms with Gasteiger partial charge in [-0.3, -0.25) is 10.1 Å². The SMILES string of the molecule is Cc1nc(N2CCCCC2)nc(OCC(=O)Nc2nccs2)c1C. The number of thiazole rings is 1. The van der Waals surface area contributed by atoms with E-state index in [4.69, 9.17) is 4.74 Å². The highest BCUT2D eigenvalue weighted by Gasteiger charge is 2.17. The van der Waals surface area contributed by atoms with Crippen molar-refractivity contribution in [2.45, 2.75) is 33.1 Å². The van der Waals surface area contributed by atoms with E-state index in [2.05, 4.69) is 25.2 Å². The van der Waals surface area contributed by atoms with Gasteiger partial charge in [0, 0.05) is 35.9 Å². The maximum Gasteiger partial charge on any atom is 0.264 e. The molecule has 128 valence electrons. The number of hydrogen-bond acceptors (Lipinski definition) is 7. The van der Waals surface area contributed by atoms with Gasteiger partial charge in [0.25, 0.3) is 5.91 Å². The van der Waals surface area contributed by atoms with Crippen LogP contribution < -0.4 is 15.0 Å². The van der Waals surface area contributed by atoms with E-state index in [1.54, 1.807) is 11.6 Å². The fourth-order valence-corrected chi connectivity index (χ4v) is 3.08. The predicted octanol–water partition coefficient (Wildman–Crippen LogP) is 2.56. The molecule has 0 aromatic carbocycles. The zero-order chi connectivity index (χ0) is 16.9. The first-order chi connectivity index (χ1) is 11.6. The maximum absolute atomic E-state index is 11.9. The third-order valence-electron chi connectivity index (χ3n) is 3.99. The van der Waals surface area contributed by atoms with Crippen molar-refractivity contribution < 1.29 is 9.53 Å². The van der Waals surface area contributed by atoms with Crippen LogP contribution in [0.5, 0.6) is 5.88 Å². The molecule has 7 nitrogen and oxygen atoms in total. The molecular weight excluding hydrogens is 326 g/mol. The summed E-state index contributed by atoms with van der Waals surface area (Å²) >= 11 is 1.37. The van der Waals surface area contributed by atoms with E-state index >= 15 is 0 Å². The lowest BCUT2D eigenvalue weighted by molar-refractivity contribution is -0.118. The first kappa shape index (κ1) is 16.6. The fraction of sp³-hybridized carbons (Fsp3) is 0.500. The summed E-state index contributed by atoms with van der Waals surface area (Å²) < 4.78 is 5.65. The van der Waals surface area contributed by atoms with Gasteiger partial charge in [-0.1, -0.05) is 0 Å². The van der Waals surface area contributed by atoms with Crippen LogP contribution in [0.15, 0.2) is 11.6 Å². The Hall–Kier alpha value is -2.22. The molecule has 0 radical (unpaired) electrons. The lowest BCUT2D eigenvalue weighted by atomic mass is 10.1. The number of carbonyl (C=O) groups is 1. The molecule has 1 aliphatic heterocycles. The van der Waals surface area contributed by atoms with Crippen molar-refractivity contribution in [3.8, 4) is 5.88 Å². The number of anilines is 2. The van der Waals surface area contributed by atoms with E-state index in [0.29, 0.717) is 17.0 Å². The van der Waals surface area contributed by atoms with Crippen LogP contribution in [-0.2, 0) is 4.79 Å². The van der Waals surface area contributed by atoms with Gasteiger partial charge in [-0.15, -0.1) is 11.3 Å². The summed E-state index contributed by atoms with van der Waals surface area (Å²) in [5.41, 5.74) is 1.73. The van der Waals surface area contributed by atoms with Crippen LogP contribution >= 0.6 is 11.3 Å². The number of rotatable bonds is 5. The minimum Gasteiger partial charge on any atom is -0.467 e. The third kappa shape index (κ3) is 4.00. The van der Waals surface area contributed by atoms with E-state index in [1.165, 1.54) is 17.8 Å². The first-order valence-electron chi connectivity index (χ1n) is 8.06. The van der Waals surface area contributed by atoms with Crippen molar-refractivity contribution in [2.75, 3.05) is 29.9 Å². The normalized spacial score (nSPS) is 14.5. The molecule has 3 heterocycles. The molecule has 1 fully saturated rings. The second kappa shape index (κ2) is 7.57. The Morgan fingerprint density at radius 3 is 2.79 bits per heavy atom. The first-order valence-corrected chi connectivity index (χ1v) is 8.94. The molecule has 0 aliphatic carbocycles. The van der Waals surface area contributed by atoms with Crippen molar-refractivity contribution in [2.24, 2.45) is 0 Å². The quantitative estimate of drug-likeness (QED) is 0.895. The van der Waals surface area contributed by atoms with Gasteiger partial charge in [0.15, 0.2) is 11.7 Å². The molecule has 24 heavy (non-hydrogen) atoms. The Balaban J connectivity index is 1.67. The van der Waals surface area contributed by atoms with Crippen molar-refractivity contribution in [3.63, 3.8) is 0 Å². The predicted molar refractivity (Wildman–Crippen MR) is 93.8 cm³/mol. The molecule has 0 spiro atoms. The number of amides is 1. The number of hydrogen-bond donors (Lipinski definition) is 1. The number of aryl methyl sites for hydroxylation is 1. The lowest BCUT2D eigenvalue weighted by Crippen LogP contribution is -2.31. The Morgan fingerprint density at radius 1 is 1.29 bits per heavy atom. The van der Waals surface area contributed by atoms with Crippen molar-refractivity contribution in [1.29, 1.82) is 0 Å². The van der Waals surface area contributed by atoms with Crippen molar-refractivity contribution >= 4 is 28.3 Å². The second-order valence-electron chi connectivity index (χ2n) is 5.76. The Morgan fingerprint density at radius 2 is 2.08 bits per heavy atom. The molecule has 2 aromatic heterocycles. The average molecular weight is 347 g/mol. The monoisotopic (exact) mass is 347 g/mol. The van der Waals surface area contributed by atoms with Gasteiger partial charge < -0.3 is 9.64 Å². The van der Waals surface area contributed by atoms with Crippen LogP contribution in [0, 0.1) is 13.8 Å². The van der Waals surface area contributed by atoms with Gasteiger partial charge in [-0.25, -0.2) is 9.97 Å². The van der Waals surface area contributed by atoms with Crippen LogP contribution in [0.3, 0.4) is 0 Å². The van der Waals surface area contributed by atoms with Crippen LogP contribution in [0.1, 0.15) is 30.5 Å². The molecule has 8 heteroatoms. The fourth-order valence-electron chi connectivity index (χ4n) is 2.54. The van der Waals surface area contributed by atoms with Crippen molar-refractivity contribution in [3.05, 3.63) is 22.8 Å². The lowest BCUT2D eigenvalue weighted by Gasteiger charge is -2.27. The van der Waals surface area contributed by atoms with Gasteiger partial charge in [-0.05, 0) is 33.1 Å². The molecule has 1 aliphatic rings. The molecule has 0 saturated carbocycles. The van der Waals surface area contributed by atoms with Gasteiger partial charge in [0.05, 0.1) is 0 Å². The van der Waals surface area contributed by atoms with Crippen LogP contribution in [-0.4, -0.2) is 40.6 Å². The summed E-state index contributed by atoms with van der Waals surface area (Å²) in [6.45, 7) is 5.67. The summed E-state index contributed by atoms with van der Waals surface area (Å²) in [7, 11) is 0. The zero-order valence-corrected chi connectivity index (χ0v) is 14.7. The molecule has 3 rings (SSSR count). The highest BCUT2D eigenvalue weighted by molar-refractivity contribution is 7.13. The van der Waals surface area contributed by atoms with E-state index in [9.17, 15) is 4.79 Å². The van der Waals surface area contributed by atoms with E-state index in [0.717, 1.165) is 37.2 Å². The number of aromatic nitrogens is 3. The van der Waals surface area contributed by atoms with Crippen molar-refractivity contribution in [1.82, 2.24) is 15.0 Å². The molecule has 0 unspecified atom stereocenters. The topological polar surface area (TPSA) is 80.2 Å². The molecular formula is C16H21N5O2S. The van der Waals surface area contributed by atoms with E-state index in [-0.39, 0.29) is 12.5 Å². The van der Waals surface area contributed by atoms with E-state index in [1.807, 2.05) is 13.8 Å². The molecule has 1 N–H and O–H groups in total. The average Bonchev–Trinajstić information content (AvgIpc) is 3.09. The summed E-state index contributed by atoms with van der Waals surface area (Å²) in [6.07, 6.45) is 5.21. The summed E-state index contributed by atoms with van der Waals surface area (Å²) in [4.78, 5) is 27.2. The smallest absolute Gasteiger partial charge is 0.264 e. The number of nitrogens with one attached hydrogen (secondary N) is 1. The van der Waals surface area contributed by atoms with Gasteiger partial charge >= 0.3 is 0 Å². The Labute approximate surface area is 145 Å². The summed E-state index contributed by atoms with van der Waals surface area (Å²) in [5.74, 6) is 0.908. The second-order valence-corrected chi connectivity index (χ2v) is 6.66. The summed E-state index contributed by atoms with van der Waals surface area (Å²) in [6, 6.07) is 0. The number of carbonyl (C=O) groups excluding carboxylic acids is 1. The Kier molecular flexibility index (Phi) is 5.24. The van der Waals surface area contributed by atoms with Gasteiger partial charge in [0.2, 0.25) is 11.8 Å². The van der Waals surface area contributed by atoms with E-state index < -0.39 is 0 Å². The number of nitrogens with zero attached hydrogens (tertiary/aromatic N) is 4. The molecule has 0 bridgehead atoms. The maximum atomic E-state index is 11.9. The number of ether oxygens (including phenoxy) is 1. The minimum absolute atomic E-state index is 0.101. The highest BCUT2D eigenvalue weighted by Crippen LogP contribution is 2.23. The summed E-state index contributed by atoms with van der Waals surface area (Å²) in [5, 5.41) is 5.06. The van der Waals surface area contributed by atoms with Gasteiger partial charge in [-0.2, -0.15) is 4.98 Å². The third-order valence-corrected chi connectivity index (χ3v) is 4.68. The van der Waals surface area contributed by atoms with Crippen LogP contribution in [0.2, 0.25) is 0 Å². The zero-order valence-electron chi connectivity index (χ0n) is 13.9. The Bertz CT molecular complexity index is 699. The molecule has 2 aromatic rings.